The molecule has 190 valence electrons. The molecule has 1 N–H and O–H groups in total. The first-order chi connectivity index (χ1) is 17.0. The van der Waals surface area contributed by atoms with Crippen molar-refractivity contribution in [3.63, 3.8) is 0 Å². The fraction of sp³-hybridized carbons (Fsp3) is 0.594. The van der Waals surface area contributed by atoms with Crippen LogP contribution in [0, 0.1) is 22.7 Å². The van der Waals surface area contributed by atoms with Crippen LogP contribution in [0.4, 0.5) is 0 Å². The smallest absolute Gasteiger partial charge is 0.119 e. The summed E-state index contributed by atoms with van der Waals surface area (Å²) in [7, 11) is 0. The van der Waals surface area contributed by atoms with Crippen molar-refractivity contribution in [1.82, 2.24) is 0 Å². The van der Waals surface area contributed by atoms with Crippen LogP contribution >= 0.6 is 0 Å². The van der Waals surface area contributed by atoms with Crippen LogP contribution in [-0.4, -0.2) is 18.3 Å². The van der Waals surface area contributed by atoms with Gasteiger partial charge in [0.15, 0.2) is 0 Å². The van der Waals surface area contributed by atoms with Gasteiger partial charge in [-0.25, -0.2) is 0 Å². The second-order valence-corrected chi connectivity index (χ2v) is 11.0. The maximum atomic E-state index is 10.1. The molecular formula is C32H45NO2. The van der Waals surface area contributed by atoms with Crippen LogP contribution in [0.15, 0.2) is 48.5 Å². The number of hydrogen-bond donors (Lipinski definition) is 1. The molecule has 35 heavy (non-hydrogen) atoms. The lowest BCUT2D eigenvalue weighted by Gasteiger charge is -2.36. The Labute approximate surface area is 213 Å². The summed E-state index contributed by atoms with van der Waals surface area (Å²) in [6.07, 6.45) is 13.3. The summed E-state index contributed by atoms with van der Waals surface area (Å²) in [5.41, 5.74) is 3.66. The Balaban J connectivity index is 1.53. The normalized spacial score (nSPS) is 20.0. The van der Waals surface area contributed by atoms with Gasteiger partial charge in [0.25, 0.3) is 0 Å². The lowest BCUT2D eigenvalue weighted by Crippen LogP contribution is -2.26. The van der Waals surface area contributed by atoms with Crippen LogP contribution in [0.5, 0.6) is 5.75 Å². The van der Waals surface area contributed by atoms with Crippen molar-refractivity contribution < 1.29 is 9.84 Å². The molecule has 1 saturated carbocycles. The molecule has 3 heteroatoms. The Bertz CT molecular complexity index is 897. The fourth-order valence-electron chi connectivity index (χ4n) is 5.42. The van der Waals surface area contributed by atoms with Gasteiger partial charge in [0.1, 0.15) is 5.75 Å². The molecule has 0 amide bonds. The van der Waals surface area contributed by atoms with Gasteiger partial charge in [0.05, 0.1) is 18.1 Å². The number of nitriles is 1. The van der Waals surface area contributed by atoms with E-state index in [0.29, 0.717) is 18.4 Å². The highest BCUT2D eigenvalue weighted by molar-refractivity contribution is 5.64. The van der Waals surface area contributed by atoms with Gasteiger partial charge < -0.3 is 9.84 Å². The third kappa shape index (κ3) is 8.69. The molecule has 0 aliphatic heterocycles. The Hall–Kier alpha value is -2.31. The molecule has 1 aliphatic rings. The van der Waals surface area contributed by atoms with Crippen molar-refractivity contribution in [3.8, 4) is 22.9 Å². The first-order valence-corrected chi connectivity index (χ1v) is 13.9. The van der Waals surface area contributed by atoms with E-state index in [1.54, 1.807) is 0 Å². The van der Waals surface area contributed by atoms with Crippen LogP contribution in [0.1, 0.15) is 102 Å². The third-order valence-corrected chi connectivity index (χ3v) is 7.68. The fourth-order valence-corrected chi connectivity index (χ4v) is 5.42. The van der Waals surface area contributed by atoms with Crippen LogP contribution in [-0.2, 0) is 0 Å². The summed E-state index contributed by atoms with van der Waals surface area (Å²) < 4.78 is 5.86. The zero-order chi connectivity index (χ0) is 24.9. The average molecular weight is 476 g/mol. The molecule has 0 aromatic heterocycles. The van der Waals surface area contributed by atoms with E-state index in [9.17, 15) is 5.26 Å². The molecule has 1 aliphatic carbocycles. The molecule has 3 rings (SSSR count). The van der Waals surface area contributed by atoms with E-state index in [1.165, 1.54) is 42.4 Å². The summed E-state index contributed by atoms with van der Waals surface area (Å²) in [4.78, 5) is 0. The summed E-state index contributed by atoms with van der Waals surface area (Å²) in [6, 6.07) is 20.2. The van der Waals surface area contributed by atoms with Gasteiger partial charge in [0, 0.05) is 6.61 Å². The maximum Gasteiger partial charge on any atom is 0.119 e. The Morgan fingerprint density at radius 2 is 1.57 bits per heavy atom. The number of hydrogen-bond acceptors (Lipinski definition) is 3. The molecule has 2 aromatic carbocycles. The third-order valence-electron chi connectivity index (χ3n) is 7.68. The number of rotatable bonds is 14. The van der Waals surface area contributed by atoms with E-state index in [0.717, 1.165) is 63.7 Å². The first-order valence-electron chi connectivity index (χ1n) is 13.9. The van der Waals surface area contributed by atoms with Crippen LogP contribution < -0.4 is 4.74 Å². The van der Waals surface area contributed by atoms with Gasteiger partial charge in [-0.15, -0.1) is 0 Å². The molecule has 2 aromatic rings. The van der Waals surface area contributed by atoms with E-state index in [2.05, 4.69) is 68.4 Å². The minimum atomic E-state index is -0.155. The van der Waals surface area contributed by atoms with Gasteiger partial charge in [-0.1, -0.05) is 88.8 Å². The van der Waals surface area contributed by atoms with Crippen molar-refractivity contribution in [2.75, 3.05) is 13.2 Å². The quantitative estimate of drug-likeness (QED) is 0.278. The molecule has 0 spiro atoms. The maximum absolute atomic E-state index is 10.1. The van der Waals surface area contributed by atoms with Crippen molar-refractivity contribution in [2.24, 2.45) is 11.3 Å². The minimum absolute atomic E-state index is 0.155. The van der Waals surface area contributed by atoms with Gasteiger partial charge in [0.2, 0.25) is 0 Å². The average Bonchev–Trinajstić information content (AvgIpc) is 2.89. The molecule has 3 nitrogen and oxygen atoms in total. The van der Waals surface area contributed by atoms with E-state index in [4.69, 9.17) is 9.84 Å². The largest absolute Gasteiger partial charge is 0.494 e. The Morgan fingerprint density at radius 1 is 0.943 bits per heavy atom. The predicted molar refractivity (Wildman–Crippen MR) is 145 cm³/mol. The van der Waals surface area contributed by atoms with Crippen LogP contribution in [0.3, 0.4) is 0 Å². The second-order valence-electron chi connectivity index (χ2n) is 11.0. The van der Waals surface area contributed by atoms with Gasteiger partial charge in [-0.05, 0) is 79.2 Å². The number of ether oxygens (including phenoxy) is 1. The molecule has 1 fully saturated rings. The van der Waals surface area contributed by atoms with E-state index < -0.39 is 0 Å². The number of nitrogens with zero attached hydrogens (tertiary/aromatic N) is 1. The van der Waals surface area contributed by atoms with E-state index >= 15 is 0 Å². The number of benzene rings is 2. The summed E-state index contributed by atoms with van der Waals surface area (Å²) in [5.74, 6) is 2.08. The van der Waals surface area contributed by atoms with Crippen molar-refractivity contribution >= 4 is 0 Å². The highest BCUT2D eigenvalue weighted by Gasteiger charge is 2.36. The lowest BCUT2D eigenvalue weighted by molar-refractivity contribution is 0.218. The Morgan fingerprint density at radius 3 is 2.20 bits per heavy atom. The number of unbranched alkanes of at least 4 members (excludes halogenated alkanes) is 5. The Kier molecular flexibility index (Phi) is 11.1. The standard InChI is InChI=1S/C32H45NO2/c1-26(2)19-23-35-31-17-15-28(16-18-31)27-11-13-29(14-12-27)30-10-9-21-32(24-30,25-33)20-7-5-3-4-6-8-22-34/h11-18,26,30,34H,3-10,19-24H2,1-2H3. The molecule has 2 atom stereocenters. The van der Waals surface area contributed by atoms with Crippen molar-refractivity contribution in [1.29, 1.82) is 5.26 Å². The molecule has 0 heterocycles. The topological polar surface area (TPSA) is 53.2 Å². The summed E-state index contributed by atoms with van der Waals surface area (Å²) >= 11 is 0. The second kappa shape index (κ2) is 14.3. The predicted octanol–water partition coefficient (Wildman–Crippen LogP) is 8.67. The summed E-state index contributed by atoms with van der Waals surface area (Å²) in [5, 5.41) is 19.0. The van der Waals surface area contributed by atoms with Gasteiger partial charge in [-0.3, -0.25) is 0 Å². The highest BCUT2D eigenvalue weighted by Crippen LogP contribution is 2.46. The monoisotopic (exact) mass is 475 g/mol. The van der Waals surface area contributed by atoms with Crippen LogP contribution in [0.25, 0.3) is 11.1 Å². The number of aliphatic hydroxyl groups excluding tert-OH is 1. The zero-order valence-corrected chi connectivity index (χ0v) is 22.0. The minimum Gasteiger partial charge on any atom is -0.494 e. The van der Waals surface area contributed by atoms with E-state index in [-0.39, 0.29) is 5.41 Å². The highest BCUT2D eigenvalue weighted by atomic mass is 16.5. The SMILES string of the molecule is CC(C)CCOc1ccc(-c2ccc(C3CCCC(C#N)(CCCCCCCCO)C3)cc2)cc1. The molecule has 0 saturated heterocycles. The lowest BCUT2D eigenvalue weighted by atomic mass is 9.66. The molecule has 0 radical (unpaired) electrons. The molecule has 0 bridgehead atoms. The van der Waals surface area contributed by atoms with Crippen LogP contribution in [0.2, 0.25) is 0 Å². The first kappa shape index (κ1) is 27.3. The van der Waals surface area contributed by atoms with Gasteiger partial charge >= 0.3 is 0 Å². The summed E-state index contributed by atoms with van der Waals surface area (Å²) in [6.45, 7) is 5.50. The van der Waals surface area contributed by atoms with Crippen molar-refractivity contribution in [2.45, 2.75) is 96.8 Å². The molecular weight excluding hydrogens is 430 g/mol. The van der Waals surface area contributed by atoms with Crippen molar-refractivity contribution in [3.05, 3.63) is 54.1 Å². The zero-order valence-electron chi connectivity index (χ0n) is 22.0. The van der Waals surface area contributed by atoms with Gasteiger partial charge in [-0.2, -0.15) is 5.26 Å². The molecule has 2 unspecified atom stereocenters. The van der Waals surface area contributed by atoms with E-state index in [1.807, 2.05) is 0 Å². The number of aliphatic hydroxyl groups is 1.